The summed E-state index contributed by atoms with van der Waals surface area (Å²) in [6.45, 7) is 7.96. The quantitative estimate of drug-likeness (QED) is 0.543. The van der Waals surface area contributed by atoms with E-state index in [2.05, 4.69) is 0 Å². The number of nitrogens with zero attached hydrogens (tertiary/aromatic N) is 2. The van der Waals surface area contributed by atoms with Gasteiger partial charge in [0.25, 0.3) is 5.65 Å². The van der Waals surface area contributed by atoms with Crippen molar-refractivity contribution in [2.24, 2.45) is 0 Å². The predicted octanol–water partition coefficient (Wildman–Crippen LogP) is 3.71. The molecule has 6 heteroatoms. The molecule has 92 valence electrons. The average molecular weight is 265 g/mol. The van der Waals surface area contributed by atoms with Gasteiger partial charge in [0.1, 0.15) is 0 Å². The molecule has 0 aromatic heterocycles. The molecule has 0 radical (unpaired) electrons. The second-order valence-electron chi connectivity index (χ2n) is 3.86. The van der Waals surface area contributed by atoms with Crippen LogP contribution in [0, 0.1) is 11.3 Å². The molecule has 0 rings (SSSR count). The molecule has 4 nitrogen and oxygen atoms in total. The molecule has 0 aliphatic rings. The van der Waals surface area contributed by atoms with E-state index >= 15 is 0 Å². The number of hydrogen-bond acceptors (Lipinski definition) is 3. The maximum atomic E-state index is 11.9. The zero-order chi connectivity index (χ0) is 12.7. The smallest absolute Gasteiger partial charge is 0.288 e. The molecular weight excluding hydrogens is 247 g/mol. The van der Waals surface area contributed by atoms with Crippen molar-refractivity contribution in [2.75, 3.05) is 6.61 Å². The van der Waals surface area contributed by atoms with E-state index in [4.69, 9.17) is 21.0 Å². The number of halogens is 1. The maximum Gasteiger partial charge on any atom is 0.288 e. The topological polar surface area (TPSA) is 53.3 Å². The Morgan fingerprint density at radius 2 is 1.94 bits per heavy atom. The molecule has 0 saturated heterocycles. The summed E-state index contributed by atoms with van der Waals surface area (Å²) in [7, 11) is -1.65. The monoisotopic (exact) mass is 264 g/mol. The van der Waals surface area contributed by atoms with Crippen molar-refractivity contribution >= 4 is 24.4 Å². The molecule has 0 heterocycles. The van der Waals surface area contributed by atoms with Gasteiger partial charge in [0.2, 0.25) is 7.50 Å². The Kier molecular flexibility index (Phi) is 7.66. The van der Waals surface area contributed by atoms with Crippen LogP contribution in [0.2, 0.25) is 0 Å². The molecule has 0 aliphatic carbocycles. The summed E-state index contributed by atoms with van der Waals surface area (Å²) in [5, 5.41) is 8.34. The van der Waals surface area contributed by atoms with Crippen LogP contribution >= 0.6 is 18.7 Å². The van der Waals surface area contributed by atoms with Crippen molar-refractivity contribution in [1.29, 1.82) is 5.26 Å². The van der Waals surface area contributed by atoms with Crippen LogP contribution in [-0.2, 0) is 4.52 Å². The van der Waals surface area contributed by atoms with E-state index in [0.29, 0.717) is 0 Å². The summed E-state index contributed by atoms with van der Waals surface area (Å²) >= 11 is 5.89. The first-order valence-electron chi connectivity index (χ1n) is 5.19. The number of nitriles is 1. The Morgan fingerprint density at radius 3 is 2.31 bits per heavy atom. The molecule has 16 heavy (non-hydrogen) atoms. The fourth-order valence-corrected chi connectivity index (χ4v) is 2.83. The van der Waals surface area contributed by atoms with Crippen LogP contribution in [0.4, 0.5) is 4.79 Å². The van der Waals surface area contributed by atoms with Gasteiger partial charge in [-0.25, -0.2) is 0 Å². The van der Waals surface area contributed by atoms with Crippen LogP contribution in [0.15, 0.2) is 0 Å². The van der Waals surface area contributed by atoms with E-state index in [1.165, 1.54) is 0 Å². The summed E-state index contributed by atoms with van der Waals surface area (Å²) in [6, 6.07) is 2.13. The lowest BCUT2D eigenvalue weighted by Gasteiger charge is -2.31. The van der Waals surface area contributed by atoms with E-state index in [1.807, 2.05) is 33.8 Å². The van der Waals surface area contributed by atoms with Crippen LogP contribution in [0.25, 0.3) is 0 Å². The first-order chi connectivity index (χ1) is 7.41. The first kappa shape index (κ1) is 15.6. The number of rotatable bonds is 6. The maximum absolute atomic E-state index is 11.9. The first-order valence-corrected chi connectivity index (χ1v) is 7.36. The van der Waals surface area contributed by atoms with Crippen LogP contribution in [0.3, 0.4) is 0 Å². The average Bonchev–Trinajstić information content (AvgIpc) is 2.16. The predicted molar refractivity (Wildman–Crippen MR) is 66.5 cm³/mol. The minimum atomic E-state index is -1.65. The van der Waals surface area contributed by atoms with Crippen LogP contribution in [-0.4, -0.2) is 29.2 Å². The Hall–Kier alpha value is -0.360. The minimum Gasteiger partial charge on any atom is -0.335 e. The third-order valence-corrected chi connectivity index (χ3v) is 3.57. The molecule has 0 bridgehead atoms. The summed E-state index contributed by atoms with van der Waals surface area (Å²) in [5.41, 5.74) is -0.181. The zero-order valence-electron chi connectivity index (χ0n) is 10.1. The standard InChI is InChI=1S/C10H18ClN2O2P/c1-8(2)13(9(3)4)10(14)16(11)15-7-5-6-12/h8-9H,5,7H2,1-4H3. The van der Waals surface area contributed by atoms with Gasteiger partial charge in [-0.1, -0.05) is 11.2 Å². The van der Waals surface area contributed by atoms with E-state index in [-0.39, 0.29) is 30.8 Å². The summed E-state index contributed by atoms with van der Waals surface area (Å²) in [4.78, 5) is 13.6. The van der Waals surface area contributed by atoms with Gasteiger partial charge in [0, 0.05) is 12.1 Å². The molecule has 0 aromatic rings. The molecule has 0 saturated carbocycles. The van der Waals surface area contributed by atoms with Gasteiger partial charge in [0.05, 0.1) is 19.1 Å². The molecule has 0 aromatic carbocycles. The highest BCUT2D eigenvalue weighted by molar-refractivity contribution is 7.93. The van der Waals surface area contributed by atoms with E-state index in [0.717, 1.165) is 0 Å². The second-order valence-corrected chi connectivity index (χ2v) is 5.92. The fraction of sp³-hybridized carbons (Fsp3) is 0.800. The highest BCUT2D eigenvalue weighted by Gasteiger charge is 2.27. The molecule has 1 atom stereocenters. The Morgan fingerprint density at radius 1 is 1.44 bits per heavy atom. The lowest BCUT2D eigenvalue weighted by atomic mass is 10.2. The number of carbonyl (C=O) groups is 1. The zero-order valence-corrected chi connectivity index (χ0v) is 11.8. The molecule has 0 N–H and O–H groups in total. The SMILES string of the molecule is CC(C)N(C(=O)P(Cl)OCCC#N)C(C)C. The number of carbonyl (C=O) groups excluding carboxylic acids is 1. The van der Waals surface area contributed by atoms with Gasteiger partial charge in [0.15, 0.2) is 0 Å². The molecule has 0 spiro atoms. The van der Waals surface area contributed by atoms with Gasteiger partial charge in [-0.05, 0) is 27.7 Å². The summed E-state index contributed by atoms with van der Waals surface area (Å²) in [6.07, 6.45) is 0.252. The van der Waals surface area contributed by atoms with E-state index in [9.17, 15) is 4.79 Å². The Balaban J connectivity index is 4.33. The van der Waals surface area contributed by atoms with Gasteiger partial charge in [-0.15, -0.1) is 0 Å². The minimum absolute atomic E-state index is 0.0933. The molecule has 1 unspecified atom stereocenters. The van der Waals surface area contributed by atoms with Crippen molar-refractivity contribution in [3.63, 3.8) is 0 Å². The van der Waals surface area contributed by atoms with Crippen molar-refractivity contribution in [1.82, 2.24) is 4.90 Å². The fourth-order valence-electron chi connectivity index (χ4n) is 1.36. The summed E-state index contributed by atoms with van der Waals surface area (Å²) in [5.74, 6) is 0. The lowest BCUT2D eigenvalue weighted by Crippen LogP contribution is -2.40. The third-order valence-electron chi connectivity index (χ3n) is 1.90. The number of hydrogen-bond donors (Lipinski definition) is 0. The number of amides is 1. The van der Waals surface area contributed by atoms with Crippen molar-refractivity contribution < 1.29 is 9.32 Å². The molecule has 0 aliphatic heterocycles. The molecule has 1 amide bonds. The highest BCUT2D eigenvalue weighted by Crippen LogP contribution is 2.46. The Bertz CT molecular complexity index is 258. The van der Waals surface area contributed by atoms with Crippen molar-refractivity contribution in [3.05, 3.63) is 0 Å². The van der Waals surface area contributed by atoms with Gasteiger partial charge in [-0.3, -0.25) is 4.79 Å². The second kappa shape index (κ2) is 7.84. The highest BCUT2D eigenvalue weighted by atomic mass is 35.7. The van der Waals surface area contributed by atoms with Gasteiger partial charge in [-0.2, -0.15) is 5.26 Å². The van der Waals surface area contributed by atoms with Crippen LogP contribution in [0.5, 0.6) is 0 Å². The molecular formula is C10H18ClN2O2P. The van der Waals surface area contributed by atoms with Gasteiger partial charge < -0.3 is 9.42 Å². The van der Waals surface area contributed by atoms with E-state index in [1.54, 1.807) is 4.90 Å². The van der Waals surface area contributed by atoms with E-state index < -0.39 is 7.50 Å². The summed E-state index contributed by atoms with van der Waals surface area (Å²) < 4.78 is 5.14. The lowest BCUT2D eigenvalue weighted by molar-refractivity contribution is 0.185. The van der Waals surface area contributed by atoms with Crippen molar-refractivity contribution in [3.8, 4) is 6.07 Å². The molecule has 0 fully saturated rings. The largest absolute Gasteiger partial charge is 0.335 e. The third kappa shape index (κ3) is 5.12. The Labute approximate surface area is 103 Å². The van der Waals surface area contributed by atoms with Crippen molar-refractivity contribution in [2.45, 2.75) is 46.2 Å². The van der Waals surface area contributed by atoms with Gasteiger partial charge >= 0.3 is 0 Å². The normalized spacial score (nSPS) is 12.6. The van der Waals surface area contributed by atoms with Crippen LogP contribution in [0.1, 0.15) is 34.1 Å². The van der Waals surface area contributed by atoms with Crippen LogP contribution < -0.4 is 0 Å².